The average molecular weight is 466 g/mol. The van der Waals surface area contributed by atoms with E-state index in [9.17, 15) is 18.6 Å². The van der Waals surface area contributed by atoms with Crippen molar-refractivity contribution in [3.63, 3.8) is 0 Å². The minimum absolute atomic E-state index is 0. The molecule has 6 N–H and O–H groups in total. The quantitative estimate of drug-likeness (QED) is 0.408. The second-order valence-electron chi connectivity index (χ2n) is 8.07. The molecule has 0 bridgehead atoms. The summed E-state index contributed by atoms with van der Waals surface area (Å²) in [6, 6.07) is 7.43. The molecule has 2 aliphatic rings. The summed E-state index contributed by atoms with van der Waals surface area (Å²) in [5, 5.41) is 31.9. The van der Waals surface area contributed by atoms with Gasteiger partial charge in [0.05, 0.1) is 18.8 Å². The van der Waals surface area contributed by atoms with Gasteiger partial charge in [0.25, 0.3) is 0 Å². The lowest BCUT2D eigenvalue weighted by Crippen LogP contribution is -2.36. The molecule has 0 aliphatic heterocycles. The molecular weight excluding hydrogens is 434 g/mol. The lowest BCUT2D eigenvalue weighted by atomic mass is 9.90. The number of aromatic nitrogens is 2. The van der Waals surface area contributed by atoms with Gasteiger partial charge in [0.15, 0.2) is 0 Å². The van der Waals surface area contributed by atoms with E-state index in [1.165, 1.54) is 30.3 Å². The second kappa shape index (κ2) is 10.1. The Labute approximate surface area is 188 Å². The van der Waals surface area contributed by atoms with Crippen LogP contribution < -0.4 is 15.8 Å². The molecule has 32 heavy (non-hydrogen) atoms. The molecule has 2 aliphatic carbocycles. The lowest BCUT2D eigenvalue weighted by molar-refractivity contribution is 0.00778. The van der Waals surface area contributed by atoms with Gasteiger partial charge in [-0.2, -0.15) is 8.42 Å². The molecule has 0 amide bonds. The van der Waals surface area contributed by atoms with E-state index < -0.39 is 34.5 Å². The second-order valence-corrected chi connectivity index (χ2v) is 9.29. The third-order valence-electron chi connectivity index (χ3n) is 5.91. The van der Waals surface area contributed by atoms with Gasteiger partial charge in [0.2, 0.25) is 0 Å². The first-order valence-corrected chi connectivity index (χ1v) is 11.8. The number of nitrogens with one attached hydrogen (secondary N) is 2. The van der Waals surface area contributed by atoms with E-state index in [1.807, 2.05) is 12.1 Å². The van der Waals surface area contributed by atoms with Crippen LogP contribution in [-0.4, -0.2) is 53.5 Å². The third kappa shape index (κ3) is 5.73. The van der Waals surface area contributed by atoms with Gasteiger partial charge < -0.3 is 20.8 Å². The van der Waals surface area contributed by atoms with Gasteiger partial charge in [0, 0.05) is 17.7 Å². The van der Waals surface area contributed by atoms with Gasteiger partial charge in [0.1, 0.15) is 24.1 Å². The molecule has 4 rings (SSSR count). The number of aryl methyl sites for hydroxylation is 1. The first-order chi connectivity index (χ1) is 14.8. The maximum absolute atomic E-state index is 11.0. The Balaban J connectivity index is 0.00000289. The number of aliphatic hydroxyl groups is 2. The average Bonchev–Trinajstić information content (AvgIpc) is 3.00. The van der Waals surface area contributed by atoms with Crippen molar-refractivity contribution < 1.29 is 22.8 Å². The normalized spacial score (nSPS) is 25.0. The van der Waals surface area contributed by atoms with Crippen molar-refractivity contribution in [2.24, 2.45) is 11.1 Å². The smallest absolute Gasteiger partial charge is 0.333 e. The molecule has 1 aromatic heterocycles. The number of aliphatic hydroxyl groups excluding tert-OH is 2. The van der Waals surface area contributed by atoms with Gasteiger partial charge >= 0.3 is 10.3 Å². The fraction of sp³-hybridized carbons (Fsp3) is 0.524. The Hall–Kier alpha value is -2.31. The van der Waals surface area contributed by atoms with Crippen LogP contribution in [0.2, 0.25) is 0 Å². The highest BCUT2D eigenvalue weighted by Crippen LogP contribution is 2.31. The van der Waals surface area contributed by atoms with Crippen LogP contribution in [0.4, 0.5) is 17.3 Å². The van der Waals surface area contributed by atoms with Gasteiger partial charge in [-0.05, 0) is 49.3 Å². The molecule has 1 saturated carbocycles. The van der Waals surface area contributed by atoms with Crippen LogP contribution in [0.25, 0.3) is 0 Å². The Morgan fingerprint density at radius 1 is 1.12 bits per heavy atom. The predicted octanol–water partition coefficient (Wildman–Crippen LogP) is 1.48. The number of rotatable bonds is 7. The zero-order valence-electron chi connectivity index (χ0n) is 16.9. The van der Waals surface area contributed by atoms with Crippen LogP contribution in [0, 0.1) is 5.92 Å². The first kappa shape index (κ1) is 24.3. The molecule has 10 nitrogen and oxygen atoms in total. The topological polar surface area (TPSA) is 160 Å². The zero-order chi connectivity index (χ0) is 22.0. The molecule has 2 aromatic rings. The lowest BCUT2D eigenvalue weighted by Gasteiger charge is -2.21. The van der Waals surface area contributed by atoms with E-state index in [-0.39, 0.29) is 20.5 Å². The van der Waals surface area contributed by atoms with E-state index in [2.05, 4.69) is 30.9 Å². The number of nitrogens with zero attached hydrogens (tertiary/aromatic N) is 2. The standard InChI is InChI=1S/C20H27N5O5S.CH4/c21-31(28,29)30-10-13-8-16(20(27)19(13)26)25-18-9-17(22-11-23-18)24-15-7-3-5-12-4-1-2-6-14(12)15;/h3,5,7,9,11,13,16,19-20,26-27H,1-2,4,6,8,10H2,(H2,21,28,29)(H2,22,23,24,25);1H4/t13-,16-,19-,20+;/m1./s1. The highest BCUT2D eigenvalue weighted by atomic mass is 32.2. The fourth-order valence-corrected chi connectivity index (χ4v) is 4.71. The number of benzene rings is 1. The van der Waals surface area contributed by atoms with Crippen molar-refractivity contribution in [2.75, 3.05) is 17.2 Å². The number of hydrogen-bond donors (Lipinski definition) is 5. The zero-order valence-corrected chi connectivity index (χ0v) is 17.8. The van der Waals surface area contributed by atoms with Crippen molar-refractivity contribution in [3.8, 4) is 0 Å². The van der Waals surface area contributed by atoms with Crippen molar-refractivity contribution in [1.82, 2.24) is 9.97 Å². The van der Waals surface area contributed by atoms with Gasteiger partial charge in [-0.1, -0.05) is 19.6 Å². The van der Waals surface area contributed by atoms with E-state index in [0.29, 0.717) is 11.6 Å². The number of anilines is 3. The van der Waals surface area contributed by atoms with Crippen LogP contribution in [-0.2, 0) is 27.3 Å². The molecule has 1 aromatic carbocycles. The molecular formula is C21H31N5O5S. The number of nitrogens with two attached hydrogens (primary N) is 1. The highest BCUT2D eigenvalue weighted by Gasteiger charge is 2.42. The molecule has 1 heterocycles. The van der Waals surface area contributed by atoms with Gasteiger partial charge in [-0.25, -0.2) is 15.1 Å². The summed E-state index contributed by atoms with van der Waals surface area (Å²) in [5.74, 6) is 0.506. The molecule has 0 saturated heterocycles. The molecule has 176 valence electrons. The Bertz CT molecular complexity index is 1030. The minimum Gasteiger partial charge on any atom is -0.390 e. The maximum Gasteiger partial charge on any atom is 0.333 e. The summed E-state index contributed by atoms with van der Waals surface area (Å²) in [5.41, 5.74) is 3.70. The summed E-state index contributed by atoms with van der Waals surface area (Å²) < 4.78 is 26.6. The van der Waals surface area contributed by atoms with E-state index >= 15 is 0 Å². The van der Waals surface area contributed by atoms with Gasteiger partial charge in [-0.3, -0.25) is 4.18 Å². The molecule has 4 atom stereocenters. The largest absolute Gasteiger partial charge is 0.390 e. The van der Waals surface area contributed by atoms with Crippen molar-refractivity contribution in [1.29, 1.82) is 0 Å². The SMILES string of the molecule is C.NS(=O)(=O)OC[C@H]1C[C@@H](Nc2cc(Nc3cccc4c3CCCC4)ncn2)[C@H](O)[C@@H]1O. The molecule has 11 heteroatoms. The monoisotopic (exact) mass is 465 g/mol. The van der Waals surface area contributed by atoms with Crippen LogP contribution in [0.3, 0.4) is 0 Å². The summed E-state index contributed by atoms with van der Waals surface area (Å²) in [7, 11) is -4.11. The van der Waals surface area contributed by atoms with Crippen molar-refractivity contribution >= 4 is 27.6 Å². The molecule has 1 fully saturated rings. The van der Waals surface area contributed by atoms with Crippen molar-refractivity contribution in [3.05, 3.63) is 41.7 Å². The first-order valence-electron chi connectivity index (χ1n) is 10.3. The predicted molar refractivity (Wildman–Crippen MR) is 122 cm³/mol. The maximum atomic E-state index is 11.0. The minimum atomic E-state index is -4.11. The molecule has 0 unspecified atom stereocenters. The highest BCUT2D eigenvalue weighted by molar-refractivity contribution is 7.84. The summed E-state index contributed by atoms with van der Waals surface area (Å²) in [6.45, 7) is -0.301. The van der Waals surface area contributed by atoms with Gasteiger partial charge in [-0.15, -0.1) is 0 Å². The molecule has 0 radical (unpaired) electrons. The van der Waals surface area contributed by atoms with E-state index in [4.69, 9.17) is 5.14 Å². The van der Waals surface area contributed by atoms with Crippen LogP contribution in [0.15, 0.2) is 30.6 Å². The molecule has 0 spiro atoms. The Morgan fingerprint density at radius 3 is 2.66 bits per heavy atom. The summed E-state index contributed by atoms with van der Waals surface area (Å²) in [6.07, 6.45) is 3.94. The van der Waals surface area contributed by atoms with Crippen LogP contribution in [0.5, 0.6) is 0 Å². The van der Waals surface area contributed by atoms with Crippen molar-refractivity contribution in [2.45, 2.75) is 57.8 Å². The van der Waals surface area contributed by atoms with Crippen LogP contribution >= 0.6 is 0 Å². The van der Waals surface area contributed by atoms with E-state index in [1.54, 1.807) is 6.07 Å². The summed E-state index contributed by atoms with van der Waals surface area (Å²) in [4.78, 5) is 8.49. The fourth-order valence-electron chi connectivity index (χ4n) is 4.35. The number of hydrogen-bond acceptors (Lipinski definition) is 9. The third-order valence-corrected chi connectivity index (χ3v) is 6.37. The Morgan fingerprint density at radius 2 is 1.88 bits per heavy atom. The Kier molecular flexibility index (Phi) is 7.67. The van der Waals surface area contributed by atoms with E-state index in [0.717, 1.165) is 18.5 Å². The summed E-state index contributed by atoms with van der Waals surface area (Å²) >= 11 is 0. The number of fused-ring (bicyclic) bond motifs is 1. The van der Waals surface area contributed by atoms with Crippen LogP contribution in [0.1, 0.15) is 37.8 Å².